The van der Waals surface area contributed by atoms with Gasteiger partial charge in [0.05, 0.1) is 17.9 Å². The number of hydrogen-bond donors (Lipinski definition) is 2. The van der Waals surface area contributed by atoms with Crippen LogP contribution in [0.2, 0.25) is 5.02 Å². The Morgan fingerprint density at radius 2 is 2.18 bits per heavy atom. The first-order valence-electron chi connectivity index (χ1n) is 5.65. The molecule has 4 nitrogen and oxygen atoms in total. The van der Waals surface area contributed by atoms with Crippen molar-refractivity contribution in [3.05, 3.63) is 23.2 Å². The molecule has 0 aliphatic heterocycles. The lowest BCUT2D eigenvalue weighted by Gasteiger charge is -2.24. The molecule has 0 bridgehead atoms. The van der Waals surface area contributed by atoms with Crippen LogP contribution in [0.4, 0.5) is 11.4 Å². The van der Waals surface area contributed by atoms with Crippen molar-refractivity contribution in [2.24, 2.45) is 0 Å². The number of nitrogens with two attached hydrogens (primary N) is 1. The van der Waals surface area contributed by atoms with Crippen molar-refractivity contribution in [2.75, 3.05) is 30.3 Å². The molecule has 0 spiro atoms. The summed E-state index contributed by atoms with van der Waals surface area (Å²) < 4.78 is 0. The predicted octanol–water partition coefficient (Wildman–Crippen LogP) is 1.88. The molecule has 0 saturated carbocycles. The highest BCUT2D eigenvalue weighted by Gasteiger charge is 2.11. The Morgan fingerprint density at radius 3 is 2.71 bits per heavy atom. The van der Waals surface area contributed by atoms with Gasteiger partial charge in [0.2, 0.25) is 5.91 Å². The quantitative estimate of drug-likeness (QED) is 0.790. The number of nitrogens with one attached hydrogen (secondary N) is 1. The van der Waals surface area contributed by atoms with E-state index in [9.17, 15) is 4.79 Å². The highest BCUT2D eigenvalue weighted by molar-refractivity contribution is 6.31. The van der Waals surface area contributed by atoms with Crippen molar-refractivity contribution in [1.29, 1.82) is 0 Å². The van der Waals surface area contributed by atoms with Crippen LogP contribution in [0.5, 0.6) is 0 Å². The molecule has 94 valence electrons. The summed E-state index contributed by atoms with van der Waals surface area (Å²) in [6, 6.07) is 5.30. The van der Waals surface area contributed by atoms with E-state index in [-0.39, 0.29) is 5.91 Å². The first-order valence-corrected chi connectivity index (χ1v) is 6.03. The molecule has 1 aromatic rings. The SMILES string of the molecule is CCNC(=O)CN(CC)c1ccc(Cl)cc1N. The van der Waals surface area contributed by atoms with E-state index >= 15 is 0 Å². The van der Waals surface area contributed by atoms with E-state index in [1.807, 2.05) is 24.8 Å². The van der Waals surface area contributed by atoms with Crippen LogP contribution in [0.25, 0.3) is 0 Å². The third-order valence-corrected chi connectivity index (χ3v) is 2.66. The summed E-state index contributed by atoms with van der Waals surface area (Å²) in [5.74, 6) is -0.0105. The number of hydrogen-bond acceptors (Lipinski definition) is 3. The van der Waals surface area contributed by atoms with E-state index in [2.05, 4.69) is 5.32 Å². The number of anilines is 2. The molecule has 1 aromatic carbocycles. The normalized spacial score (nSPS) is 10.1. The van der Waals surface area contributed by atoms with Gasteiger partial charge >= 0.3 is 0 Å². The molecule has 0 unspecified atom stereocenters. The molecule has 1 rings (SSSR count). The molecule has 0 fully saturated rings. The number of amides is 1. The van der Waals surface area contributed by atoms with E-state index in [0.717, 1.165) is 5.69 Å². The van der Waals surface area contributed by atoms with Gasteiger partial charge in [0.15, 0.2) is 0 Å². The fourth-order valence-electron chi connectivity index (χ4n) is 1.61. The third kappa shape index (κ3) is 3.82. The molecule has 0 aromatic heterocycles. The molecular formula is C12H18ClN3O. The summed E-state index contributed by atoms with van der Waals surface area (Å²) in [5, 5.41) is 3.36. The van der Waals surface area contributed by atoms with Gasteiger partial charge in [-0.15, -0.1) is 0 Å². The van der Waals surface area contributed by atoms with Crippen LogP contribution >= 0.6 is 11.6 Å². The number of halogens is 1. The largest absolute Gasteiger partial charge is 0.397 e. The summed E-state index contributed by atoms with van der Waals surface area (Å²) in [6.45, 7) is 5.52. The maximum Gasteiger partial charge on any atom is 0.239 e. The molecule has 0 aliphatic carbocycles. The molecular weight excluding hydrogens is 238 g/mol. The number of carbonyl (C=O) groups excluding carboxylic acids is 1. The Labute approximate surface area is 107 Å². The van der Waals surface area contributed by atoms with Crippen LogP contribution < -0.4 is 16.0 Å². The topological polar surface area (TPSA) is 58.4 Å². The fraction of sp³-hybridized carbons (Fsp3) is 0.417. The number of benzene rings is 1. The van der Waals surface area contributed by atoms with Crippen molar-refractivity contribution in [1.82, 2.24) is 5.32 Å². The van der Waals surface area contributed by atoms with Crippen molar-refractivity contribution < 1.29 is 4.79 Å². The van der Waals surface area contributed by atoms with Gasteiger partial charge < -0.3 is 16.0 Å². The molecule has 0 atom stereocenters. The van der Waals surface area contributed by atoms with Gasteiger partial charge in [-0.25, -0.2) is 0 Å². The third-order valence-electron chi connectivity index (χ3n) is 2.42. The second-order valence-corrected chi connectivity index (χ2v) is 4.11. The molecule has 0 saturated heterocycles. The van der Waals surface area contributed by atoms with Crippen molar-refractivity contribution >= 4 is 28.9 Å². The molecule has 17 heavy (non-hydrogen) atoms. The Morgan fingerprint density at radius 1 is 1.47 bits per heavy atom. The summed E-state index contributed by atoms with van der Waals surface area (Å²) in [7, 11) is 0. The lowest BCUT2D eigenvalue weighted by molar-refractivity contribution is -0.119. The molecule has 1 amide bonds. The second-order valence-electron chi connectivity index (χ2n) is 3.67. The van der Waals surface area contributed by atoms with Gasteiger partial charge in [-0.05, 0) is 32.0 Å². The predicted molar refractivity (Wildman–Crippen MR) is 72.4 cm³/mol. The molecule has 5 heteroatoms. The summed E-state index contributed by atoms with van der Waals surface area (Å²) >= 11 is 5.84. The van der Waals surface area contributed by atoms with Crippen molar-refractivity contribution in [2.45, 2.75) is 13.8 Å². The Bertz CT molecular complexity index is 395. The van der Waals surface area contributed by atoms with Gasteiger partial charge in [0.1, 0.15) is 0 Å². The van der Waals surface area contributed by atoms with E-state index in [0.29, 0.717) is 30.3 Å². The van der Waals surface area contributed by atoms with E-state index in [1.165, 1.54) is 0 Å². The van der Waals surface area contributed by atoms with Gasteiger partial charge in [-0.2, -0.15) is 0 Å². The Hall–Kier alpha value is -1.42. The van der Waals surface area contributed by atoms with Crippen LogP contribution in [0.1, 0.15) is 13.8 Å². The van der Waals surface area contributed by atoms with Crippen molar-refractivity contribution in [3.63, 3.8) is 0 Å². The minimum atomic E-state index is -0.0105. The van der Waals surface area contributed by atoms with Crippen LogP contribution in [0, 0.1) is 0 Å². The van der Waals surface area contributed by atoms with Gasteiger partial charge in [0.25, 0.3) is 0 Å². The van der Waals surface area contributed by atoms with Crippen LogP contribution in [0.15, 0.2) is 18.2 Å². The summed E-state index contributed by atoms with van der Waals surface area (Å²) in [4.78, 5) is 13.5. The number of nitrogens with zero attached hydrogens (tertiary/aromatic N) is 1. The Balaban J connectivity index is 2.82. The average Bonchev–Trinajstić information content (AvgIpc) is 2.27. The minimum Gasteiger partial charge on any atom is -0.397 e. The highest BCUT2D eigenvalue weighted by atomic mass is 35.5. The number of rotatable bonds is 5. The van der Waals surface area contributed by atoms with Crippen LogP contribution in [0.3, 0.4) is 0 Å². The molecule has 0 heterocycles. The van der Waals surface area contributed by atoms with Gasteiger partial charge in [0, 0.05) is 18.1 Å². The minimum absolute atomic E-state index is 0.0105. The molecule has 3 N–H and O–H groups in total. The number of nitrogen functional groups attached to an aromatic ring is 1. The van der Waals surface area contributed by atoms with Gasteiger partial charge in [-0.1, -0.05) is 11.6 Å². The summed E-state index contributed by atoms with van der Waals surface area (Å²) in [5.41, 5.74) is 7.31. The monoisotopic (exact) mass is 255 g/mol. The lowest BCUT2D eigenvalue weighted by atomic mass is 10.2. The number of likely N-dealkylation sites (N-methyl/N-ethyl adjacent to an activating group) is 2. The first-order chi connectivity index (χ1) is 8.08. The van der Waals surface area contributed by atoms with E-state index < -0.39 is 0 Å². The standard InChI is InChI=1S/C12H18ClN3O/c1-3-15-12(17)8-16(4-2)11-6-5-9(13)7-10(11)14/h5-7H,3-4,8,14H2,1-2H3,(H,15,17). The average molecular weight is 256 g/mol. The zero-order valence-electron chi connectivity index (χ0n) is 10.2. The first kappa shape index (κ1) is 13.6. The Kier molecular flexibility index (Phi) is 5.10. The molecule has 0 aliphatic rings. The zero-order chi connectivity index (χ0) is 12.8. The van der Waals surface area contributed by atoms with Gasteiger partial charge in [-0.3, -0.25) is 4.79 Å². The number of carbonyl (C=O) groups is 1. The van der Waals surface area contributed by atoms with Crippen molar-refractivity contribution in [3.8, 4) is 0 Å². The second kappa shape index (κ2) is 6.35. The smallest absolute Gasteiger partial charge is 0.239 e. The summed E-state index contributed by atoms with van der Waals surface area (Å²) in [6.07, 6.45) is 0. The molecule has 0 radical (unpaired) electrons. The lowest BCUT2D eigenvalue weighted by Crippen LogP contribution is -2.37. The van der Waals surface area contributed by atoms with E-state index in [4.69, 9.17) is 17.3 Å². The van der Waals surface area contributed by atoms with Crippen LogP contribution in [-0.4, -0.2) is 25.5 Å². The highest BCUT2D eigenvalue weighted by Crippen LogP contribution is 2.26. The zero-order valence-corrected chi connectivity index (χ0v) is 10.9. The van der Waals surface area contributed by atoms with E-state index in [1.54, 1.807) is 12.1 Å². The maximum absolute atomic E-state index is 11.5. The van der Waals surface area contributed by atoms with Crippen LogP contribution in [-0.2, 0) is 4.79 Å². The fourth-order valence-corrected chi connectivity index (χ4v) is 1.79. The maximum atomic E-state index is 11.5.